The number of nitrogens with one attached hydrogen (secondary N) is 2. The molecule has 20 heavy (non-hydrogen) atoms. The van der Waals surface area contributed by atoms with Crippen molar-refractivity contribution in [3.8, 4) is 0 Å². The number of piperazine rings is 1. The summed E-state index contributed by atoms with van der Waals surface area (Å²) in [6, 6.07) is 6.07. The standard InChI is InChI=1S/C15H22IN3O/c1-11-10-12(16)4-5-13(11)18-14(20)15(2,3)19-8-6-17-7-9-19/h4-5,10,17H,6-9H2,1-3H3,(H,18,20). The molecule has 0 aromatic heterocycles. The molecule has 4 nitrogen and oxygen atoms in total. The van der Waals surface area contributed by atoms with Crippen LogP contribution in [0.25, 0.3) is 0 Å². The fourth-order valence-electron chi connectivity index (χ4n) is 2.41. The van der Waals surface area contributed by atoms with E-state index in [2.05, 4.69) is 44.2 Å². The molecule has 110 valence electrons. The minimum Gasteiger partial charge on any atom is -0.324 e. The molecule has 1 aromatic rings. The number of nitrogens with zero attached hydrogens (tertiary/aromatic N) is 1. The maximum atomic E-state index is 12.6. The van der Waals surface area contributed by atoms with Gasteiger partial charge >= 0.3 is 0 Å². The van der Waals surface area contributed by atoms with Crippen molar-refractivity contribution in [2.75, 3.05) is 31.5 Å². The Hall–Kier alpha value is -0.660. The first-order chi connectivity index (χ1) is 9.41. The molecule has 2 rings (SSSR count). The van der Waals surface area contributed by atoms with E-state index in [1.807, 2.05) is 32.9 Å². The molecule has 1 aromatic carbocycles. The Morgan fingerprint density at radius 3 is 2.60 bits per heavy atom. The smallest absolute Gasteiger partial charge is 0.244 e. The first-order valence-electron chi connectivity index (χ1n) is 6.94. The predicted molar refractivity (Wildman–Crippen MR) is 91.0 cm³/mol. The van der Waals surface area contributed by atoms with Crippen LogP contribution < -0.4 is 10.6 Å². The number of aryl methyl sites for hydroxylation is 1. The van der Waals surface area contributed by atoms with Gasteiger partial charge in [0.15, 0.2) is 0 Å². The van der Waals surface area contributed by atoms with Crippen LogP contribution in [-0.4, -0.2) is 42.5 Å². The van der Waals surface area contributed by atoms with Crippen LogP contribution in [0.2, 0.25) is 0 Å². The normalized spacial score (nSPS) is 17.0. The molecule has 0 atom stereocenters. The van der Waals surface area contributed by atoms with E-state index in [9.17, 15) is 4.79 Å². The molecule has 5 heteroatoms. The number of amides is 1. The Morgan fingerprint density at radius 2 is 2.00 bits per heavy atom. The van der Waals surface area contributed by atoms with Crippen LogP contribution in [0.5, 0.6) is 0 Å². The van der Waals surface area contributed by atoms with Crippen molar-refractivity contribution in [1.29, 1.82) is 0 Å². The molecule has 0 spiro atoms. The summed E-state index contributed by atoms with van der Waals surface area (Å²) in [5, 5.41) is 6.39. The second-order valence-corrected chi connectivity index (χ2v) is 6.96. The van der Waals surface area contributed by atoms with Crippen molar-refractivity contribution < 1.29 is 4.79 Å². The SMILES string of the molecule is Cc1cc(I)ccc1NC(=O)C(C)(C)N1CCNCC1. The van der Waals surface area contributed by atoms with Crippen molar-refractivity contribution >= 4 is 34.2 Å². The number of hydrogen-bond donors (Lipinski definition) is 2. The molecule has 0 bridgehead atoms. The van der Waals surface area contributed by atoms with Gasteiger partial charge in [-0.05, 0) is 67.1 Å². The number of hydrogen-bond acceptors (Lipinski definition) is 3. The number of halogens is 1. The highest BCUT2D eigenvalue weighted by atomic mass is 127. The zero-order chi connectivity index (χ0) is 14.8. The predicted octanol–water partition coefficient (Wildman–Crippen LogP) is 2.22. The molecule has 1 heterocycles. The maximum absolute atomic E-state index is 12.6. The van der Waals surface area contributed by atoms with E-state index in [0.717, 1.165) is 37.4 Å². The lowest BCUT2D eigenvalue weighted by Gasteiger charge is -2.39. The Kier molecular flexibility index (Phi) is 5.04. The van der Waals surface area contributed by atoms with E-state index in [0.29, 0.717) is 0 Å². The van der Waals surface area contributed by atoms with E-state index in [-0.39, 0.29) is 5.91 Å². The molecule has 1 amide bonds. The van der Waals surface area contributed by atoms with Gasteiger partial charge in [-0.3, -0.25) is 9.69 Å². The molecule has 1 aliphatic heterocycles. The number of benzene rings is 1. The molecule has 1 fully saturated rings. The van der Waals surface area contributed by atoms with E-state index in [1.165, 1.54) is 3.57 Å². The summed E-state index contributed by atoms with van der Waals surface area (Å²) in [6.07, 6.45) is 0. The van der Waals surface area contributed by atoms with Crippen molar-refractivity contribution in [1.82, 2.24) is 10.2 Å². The Labute approximate surface area is 134 Å². The van der Waals surface area contributed by atoms with Gasteiger partial charge in [0.25, 0.3) is 0 Å². The first-order valence-corrected chi connectivity index (χ1v) is 8.02. The van der Waals surface area contributed by atoms with Gasteiger partial charge in [0.2, 0.25) is 5.91 Å². The van der Waals surface area contributed by atoms with Crippen LogP contribution in [0, 0.1) is 10.5 Å². The molecule has 1 aliphatic rings. The summed E-state index contributed by atoms with van der Waals surface area (Å²) in [6.45, 7) is 9.72. The molecule has 0 unspecified atom stereocenters. The molecule has 2 N–H and O–H groups in total. The Balaban J connectivity index is 2.09. The summed E-state index contributed by atoms with van der Waals surface area (Å²) in [5.41, 5.74) is 1.51. The monoisotopic (exact) mass is 387 g/mol. The Morgan fingerprint density at radius 1 is 1.35 bits per heavy atom. The van der Waals surface area contributed by atoms with E-state index in [4.69, 9.17) is 0 Å². The molecular formula is C15H22IN3O. The lowest BCUT2D eigenvalue weighted by Crippen LogP contribution is -2.58. The van der Waals surface area contributed by atoms with E-state index in [1.54, 1.807) is 0 Å². The number of rotatable bonds is 3. The highest BCUT2D eigenvalue weighted by Crippen LogP contribution is 2.22. The van der Waals surface area contributed by atoms with Gasteiger partial charge in [-0.15, -0.1) is 0 Å². The molecule has 0 aliphatic carbocycles. The lowest BCUT2D eigenvalue weighted by molar-refractivity contribution is -0.126. The summed E-state index contributed by atoms with van der Waals surface area (Å²) in [7, 11) is 0. The third-order valence-corrected chi connectivity index (χ3v) is 4.57. The van der Waals surface area contributed by atoms with Crippen LogP contribution in [0.15, 0.2) is 18.2 Å². The van der Waals surface area contributed by atoms with Crippen LogP contribution in [0.1, 0.15) is 19.4 Å². The average Bonchev–Trinajstić information content (AvgIpc) is 2.42. The largest absolute Gasteiger partial charge is 0.324 e. The molecule has 1 saturated heterocycles. The highest BCUT2D eigenvalue weighted by molar-refractivity contribution is 14.1. The zero-order valence-corrected chi connectivity index (χ0v) is 14.5. The van der Waals surface area contributed by atoms with E-state index < -0.39 is 5.54 Å². The fraction of sp³-hybridized carbons (Fsp3) is 0.533. The quantitative estimate of drug-likeness (QED) is 0.782. The van der Waals surface area contributed by atoms with Crippen LogP contribution in [0.4, 0.5) is 5.69 Å². The average molecular weight is 387 g/mol. The maximum Gasteiger partial charge on any atom is 0.244 e. The first kappa shape index (κ1) is 15.7. The molecule has 0 saturated carbocycles. The number of carbonyl (C=O) groups is 1. The van der Waals surface area contributed by atoms with Gasteiger partial charge < -0.3 is 10.6 Å². The van der Waals surface area contributed by atoms with Gasteiger partial charge in [-0.1, -0.05) is 0 Å². The van der Waals surface area contributed by atoms with Crippen LogP contribution in [-0.2, 0) is 4.79 Å². The minimum absolute atomic E-state index is 0.0590. The number of anilines is 1. The van der Waals surface area contributed by atoms with Crippen LogP contribution in [0.3, 0.4) is 0 Å². The fourth-order valence-corrected chi connectivity index (χ4v) is 3.06. The second-order valence-electron chi connectivity index (χ2n) is 5.71. The third-order valence-electron chi connectivity index (χ3n) is 3.90. The van der Waals surface area contributed by atoms with Crippen LogP contribution >= 0.6 is 22.6 Å². The van der Waals surface area contributed by atoms with Gasteiger partial charge in [0.05, 0.1) is 5.54 Å². The molecular weight excluding hydrogens is 365 g/mol. The molecule has 0 radical (unpaired) electrons. The van der Waals surface area contributed by atoms with E-state index >= 15 is 0 Å². The van der Waals surface area contributed by atoms with Gasteiger partial charge in [-0.25, -0.2) is 0 Å². The summed E-state index contributed by atoms with van der Waals surface area (Å²) >= 11 is 2.28. The second kappa shape index (κ2) is 6.41. The van der Waals surface area contributed by atoms with Crippen molar-refractivity contribution in [2.45, 2.75) is 26.3 Å². The Bertz CT molecular complexity index is 496. The summed E-state index contributed by atoms with van der Waals surface area (Å²) in [4.78, 5) is 14.8. The zero-order valence-electron chi connectivity index (χ0n) is 12.3. The third kappa shape index (κ3) is 3.51. The summed E-state index contributed by atoms with van der Waals surface area (Å²) in [5.74, 6) is 0.0590. The minimum atomic E-state index is -0.489. The van der Waals surface area contributed by atoms with Gasteiger partial charge in [0.1, 0.15) is 0 Å². The number of carbonyl (C=O) groups excluding carboxylic acids is 1. The highest BCUT2D eigenvalue weighted by Gasteiger charge is 2.35. The van der Waals surface area contributed by atoms with Gasteiger partial charge in [-0.2, -0.15) is 0 Å². The van der Waals surface area contributed by atoms with Crippen molar-refractivity contribution in [3.05, 3.63) is 27.3 Å². The lowest BCUT2D eigenvalue weighted by atomic mass is 10.00. The van der Waals surface area contributed by atoms with Crippen molar-refractivity contribution in [3.63, 3.8) is 0 Å². The van der Waals surface area contributed by atoms with Gasteiger partial charge in [0, 0.05) is 35.4 Å². The topological polar surface area (TPSA) is 44.4 Å². The summed E-state index contributed by atoms with van der Waals surface area (Å²) < 4.78 is 1.18. The van der Waals surface area contributed by atoms with Crippen molar-refractivity contribution in [2.24, 2.45) is 0 Å².